The van der Waals surface area contributed by atoms with Crippen LogP contribution in [0.5, 0.6) is 0 Å². The first-order chi connectivity index (χ1) is 21.9. The summed E-state index contributed by atoms with van der Waals surface area (Å²) in [5, 5.41) is 8.35. The highest BCUT2D eigenvalue weighted by molar-refractivity contribution is 5.50. The molecule has 0 amide bonds. The van der Waals surface area contributed by atoms with Crippen molar-refractivity contribution in [1.29, 1.82) is 0 Å². The zero-order valence-electron chi connectivity index (χ0n) is 27.3. The minimum absolute atomic E-state index is 0.348. The van der Waals surface area contributed by atoms with E-state index in [1.165, 1.54) is 22.5 Å². The lowest BCUT2D eigenvalue weighted by atomic mass is 9.97. The number of piperazine rings is 2. The second kappa shape index (κ2) is 14.6. The second-order valence-corrected chi connectivity index (χ2v) is 12.8. The fourth-order valence-electron chi connectivity index (χ4n) is 6.80. The van der Waals surface area contributed by atoms with Crippen molar-refractivity contribution in [3.63, 3.8) is 0 Å². The van der Waals surface area contributed by atoms with Crippen molar-refractivity contribution in [3.05, 3.63) is 94.7 Å². The van der Waals surface area contributed by atoms with Gasteiger partial charge in [0, 0.05) is 81.4 Å². The molecule has 240 valence electrons. The third-order valence-corrected chi connectivity index (χ3v) is 9.31. The van der Waals surface area contributed by atoms with Crippen molar-refractivity contribution in [3.8, 4) is 0 Å². The fourth-order valence-corrected chi connectivity index (χ4v) is 6.80. The number of hydrogen-bond donors (Lipinski definition) is 0. The van der Waals surface area contributed by atoms with Gasteiger partial charge in [-0.1, -0.05) is 45.7 Å². The first kappa shape index (κ1) is 31.3. The van der Waals surface area contributed by atoms with Crippen LogP contribution in [0.25, 0.3) is 0 Å². The standard InChI is InChI=1S/C36H48N6O3/c1-27-7-11-33(12-8-27)41-18-16-39(15-5-6-31-22-29(3)44-37-31)35(24-41)36-25-42(34-13-9-28(2)10-14-34)19-17-40(36)20-21-43-26-32-23-30(4)45-38-32/h7-14,22-23,35-36H,5-6,15-21,24-26H2,1-4H3. The molecule has 4 aromatic rings. The number of hydrogen-bond acceptors (Lipinski definition) is 9. The van der Waals surface area contributed by atoms with Crippen LogP contribution in [-0.2, 0) is 17.8 Å². The minimum Gasteiger partial charge on any atom is -0.374 e. The highest BCUT2D eigenvalue weighted by Gasteiger charge is 2.39. The second-order valence-electron chi connectivity index (χ2n) is 12.8. The molecule has 2 aliphatic rings. The number of ether oxygens (including phenoxy) is 1. The summed E-state index contributed by atoms with van der Waals surface area (Å²) in [6.45, 7) is 17.3. The van der Waals surface area contributed by atoms with Gasteiger partial charge in [0.15, 0.2) is 0 Å². The van der Waals surface area contributed by atoms with Crippen molar-refractivity contribution >= 4 is 11.4 Å². The molecule has 2 unspecified atom stereocenters. The van der Waals surface area contributed by atoms with Crippen LogP contribution in [0.4, 0.5) is 11.4 Å². The Morgan fingerprint density at radius 3 is 1.69 bits per heavy atom. The van der Waals surface area contributed by atoms with Gasteiger partial charge >= 0.3 is 0 Å². The van der Waals surface area contributed by atoms with Crippen molar-refractivity contribution < 1.29 is 13.8 Å². The van der Waals surface area contributed by atoms with Crippen LogP contribution in [0, 0.1) is 27.7 Å². The molecule has 2 aromatic carbocycles. The molecular weight excluding hydrogens is 564 g/mol. The summed E-state index contributed by atoms with van der Waals surface area (Å²) in [7, 11) is 0. The van der Waals surface area contributed by atoms with Crippen LogP contribution in [0.3, 0.4) is 0 Å². The number of aryl methyl sites for hydroxylation is 5. The first-order valence-electron chi connectivity index (χ1n) is 16.4. The lowest BCUT2D eigenvalue weighted by Gasteiger charge is -2.52. The maximum atomic E-state index is 6.12. The van der Waals surface area contributed by atoms with Gasteiger partial charge in [0.1, 0.15) is 17.2 Å². The van der Waals surface area contributed by atoms with Crippen molar-refractivity contribution in [2.24, 2.45) is 0 Å². The van der Waals surface area contributed by atoms with Gasteiger partial charge in [0.05, 0.1) is 18.9 Å². The highest BCUT2D eigenvalue weighted by Crippen LogP contribution is 2.28. The molecule has 0 aliphatic carbocycles. The summed E-state index contributed by atoms with van der Waals surface area (Å²) < 4.78 is 16.7. The summed E-state index contributed by atoms with van der Waals surface area (Å²) in [6, 6.07) is 22.8. The molecule has 9 nitrogen and oxygen atoms in total. The maximum absolute atomic E-state index is 6.12. The summed E-state index contributed by atoms with van der Waals surface area (Å²) in [5.74, 6) is 1.69. The molecule has 0 radical (unpaired) electrons. The van der Waals surface area contributed by atoms with E-state index in [4.69, 9.17) is 13.8 Å². The largest absolute Gasteiger partial charge is 0.374 e. The van der Waals surface area contributed by atoms with Crippen LogP contribution in [0.15, 0.2) is 69.7 Å². The third kappa shape index (κ3) is 8.14. The van der Waals surface area contributed by atoms with E-state index < -0.39 is 0 Å². The van der Waals surface area contributed by atoms with Gasteiger partial charge in [-0.3, -0.25) is 9.80 Å². The molecule has 0 bridgehead atoms. The third-order valence-electron chi connectivity index (χ3n) is 9.31. The topological polar surface area (TPSA) is 74.3 Å². The Kier molecular flexibility index (Phi) is 10.2. The van der Waals surface area contributed by atoms with E-state index in [1.54, 1.807) is 0 Å². The van der Waals surface area contributed by atoms with Gasteiger partial charge in [-0.2, -0.15) is 0 Å². The molecule has 2 fully saturated rings. The van der Waals surface area contributed by atoms with Crippen LogP contribution < -0.4 is 9.80 Å². The molecule has 9 heteroatoms. The molecule has 0 saturated carbocycles. The van der Waals surface area contributed by atoms with Gasteiger partial charge in [0.25, 0.3) is 0 Å². The highest BCUT2D eigenvalue weighted by atomic mass is 16.5. The van der Waals surface area contributed by atoms with Gasteiger partial charge in [0.2, 0.25) is 0 Å². The molecule has 2 saturated heterocycles. The van der Waals surface area contributed by atoms with E-state index in [9.17, 15) is 0 Å². The Morgan fingerprint density at radius 1 is 0.667 bits per heavy atom. The zero-order chi connectivity index (χ0) is 31.2. The molecule has 2 aliphatic heterocycles. The van der Waals surface area contributed by atoms with Crippen LogP contribution >= 0.6 is 0 Å². The quantitative estimate of drug-likeness (QED) is 0.195. The van der Waals surface area contributed by atoms with E-state index >= 15 is 0 Å². The molecule has 2 aromatic heterocycles. The van der Waals surface area contributed by atoms with Crippen LogP contribution in [-0.4, -0.2) is 91.2 Å². The number of anilines is 2. The molecule has 4 heterocycles. The van der Waals surface area contributed by atoms with Gasteiger partial charge in [-0.15, -0.1) is 0 Å². The predicted octanol–water partition coefficient (Wildman–Crippen LogP) is 5.43. The van der Waals surface area contributed by atoms with Gasteiger partial charge in [-0.25, -0.2) is 0 Å². The normalized spacial score (nSPS) is 19.8. The maximum Gasteiger partial charge on any atom is 0.134 e. The van der Waals surface area contributed by atoms with Crippen molar-refractivity contribution in [2.75, 3.05) is 68.8 Å². The average Bonchev–Trinajstić information content (AvgIpc) is 3.67. The number of nitrogens with zero attached hydrogens (tertiary/aromatic N) is 6. The van der Waals surface area contributed by atoms with E-state index in [0.717, 1.165) is 88.1 Å². The Bertz CT molecular complexity index is 1480. The fraction of sp³-hybridized carbons (Fsp3) is 0.500. The smallest absolute Gasteiger partial charge is 0.134 e. The Labute approximate surface area is 267 Å². The van der Waals surface area contributed by atoms with Gasteiger partial charge < -0.3 is 23.6 Å². The summed E-state index contributed by atoms with van der Waals surface area (Å²) in [4.78, 5) is 10.6. The van der Waals surface area contributed by atoms with Crippen LogP contribution in [0.2, 0.25) is 0 Å². The molecule has 0 N–H and O–H groups in total. The Hall–Kier alpha value is -3.66. The number of benzene rings is 2. The van der Waals surface area contributed by atoms with E-state index in [1.807, 2.05) is 19.9 Å². The SMILES string of the molecule is Cc1ccc(N2CCN(CCCc3cc(C)on3)C(C3CN(c4ccc(C)cc4)CCN3CCOCc3cc(C)on3)C2)cc1. The molecule has 0 spiro atoms. The number of rotatable bonds is 12. The average molecular weight is 613 g/mol. The van der Waals surface area contributed by atoms with Crippen molar-refractivity contribution in [1.82, 2.24) is 20.1 Å². The predicted molar refractivity (Wildman–Crippen MR) is 178 cm³/mol. The Balaban J connectivity index is 1.21. The monoisotopic (exact) mass is 612 g/mol. The lowest BCUT2D eigenvalue weighted by Crippen LogP contribution is -2.67. The molecular formula is C36H48N6O3. The number of aromatic nitrogens is 2. The van der Waals surface area contributed by atoms with Gasteiger partial charge in [-0.05, 0) is 71.3 Å². The minimum atomic E-state index is 0.348. The lowest BCUT2D eigenvalue weighted by molar-refractivity contribution is 0.0302. The van der Waals surface area contributed by atoms with E-state index in [2.05, 4.69) is 98.4 Å². The Morgan fingerprint density at radius 2 is 1.18 bits per heavy atom. The summed E-state index contributed by atoms with van der Waals surface area (Å²) >= 11 is 0. The van der Waals surface area contributed by atoms with Crippen LogP contribution in [0.1, 0.15) is 40.5 Å². The molecule has 45 heavy (non-hydrogen) atoms. The molecule has 6 rings (SSSR count). The zero-order valence-corrected chi connectivity index (χ0v) is 27.3. The van der Waals surface area contributed by atoms with E-state index in [0.29, 0.717) is 25.3 Å². The van der Waals surface area contributed by atoms with Crippen molar-refractivity contribution in [2.45, 2.75) is 59.2 Å². The molecule has 2 atom stereocenters. The summed E-state index contributed by atoms with van der Waals surface area (Å²) in [6.07, 6.45) is 1.99. The summed E-state index contributed by atoms with van der Waals surface area (Å²) in [5.41, 5.74) is 7.11. The van der Waals surface area contributed by atoms with E-state index in [-0.39, 0.29) is 0 Å². The first-order valence-corrected chi connectivity index (χ1v) is 16.4.